The standard InChI is InChI=1S/C20H26N2O7/c1-28-6-5-14-18(17(7-21-11-26)22-19(14)20(27)29-2)13-4-3-12(8-23)15(9-24)16(13)10-25/h3-4,7,22-26H,5-6,8-11H2,1-2H3/b21-7+. The third-order valence-electron chi connectivity index (χ3n) is 4.66. The Morgan fingerprint density at radius 1 is 1.07 bits per heavy atom. The van der Waals surface area contributed by atoms with E-state index in [9.17, 15) is 20.1 Å². The highest BCUT2D eigenvalue weighted by molar-refractivity contribution is 5.99. The summed E-state index contributed by atoms with van der Waals surface area (Å²) < 4.78 is 10.0. The van der Waals surface area contributed by atoms with Gasteiger partial charge < -0.3 is 34.9 Å². The number of nitrogens with zero attached hydrogens (tertiary/aromatic N) is 1. The summed E-state index contributed by atoms with van der Waals surface area (Å²) in [5.74, 6) is -0.582. The number of aliphatic hydroxyl groups is 4. The predicted octanol–water partition coefficient (Wildman–Crippen LogP) is 0.503. The van der Waals surface area contributed by atoms with E-state index < -0.39 is 19.3 Å². The van der Waals surface area contributed by atoms with Crippen LogP contribution in [0.1, 0.15) is 38.4 Å². The number of aliphatic hydroxyl groups excluding tert-OH is 4. The van der Waals surface area contributed by atoms with Crippen molar-refractivity contribution in [2.75, 3.05) is 27.6 Å². The third-order valence-corrected chi connectivity index (χ3v) is 4.66. The van der Waals surface area contributed by atoms with Crippen LogP contribution in [-0.4, -0.2) is 65.2 Å². The number of nitrogens with one attached hydrogen (secondary N) is 1. The lowest BCUT2D eigenvalue weighted by molar-refractivity contribution is 0.0593. The number of methoxy groups -OCH3 is 2. The molecule has 0 aliphatic rings. The van der Waals surface area contributed by atoms with Crippen LogP contribution in [0.25, 0.3) is 11.1 Å². The normalized spacial score (nSPS) is 11.4. The molecule has 158 valence electrons. The van der Waals surface area contributed by atoms with Crippen LogP contribution in [0, 0.1) is 0 Å². The number of rotatable bonds is 10. The minimum Gasteiger partial charge on any atom is -0.464 e. The van der Waals surface area contributed by atoms with Gasteiger partial charge in [0.15, 0.2) is 0 Å². The fourth-order valence-corrected chi connectivity index (χ4v) is 3.33. The SMILES string of the molecule is COCCc1c(C(=O)OC)[nH]c(/C=N/CO)c1-c1ccc(CO)c(CO)c1CO. The fourth-order valence-electron chi connectivity index (χ4n) is 3.33. The van der Waals surface area contributed by atoms with Crippen molar-refractivity contribution in [2.24, 2.45) is 4.99 Å². The molecule has 29 heavy (non-hydrogen) atoms. The van der Waals surface area contributed by atoms with Crippen LogP contribution in [0.3, 0.4) is 0 Å². The van der Waals surface area contributed by atoms with E-state index in [1.165, 1.54) is 20.4 Å². The van der Waals surface area contributed by atoms with Crippen molar-refractivity contribution in [3.63, 3.8) is 0 Å². The predicted molar refractivity (Wildman–Crippen MR) is 106 cm³/mol. The first-order valence-electron chi connectivity index (χ1n) is 8.97. The van der Waals surface area contributed by atoms with Gasteiger partial charge in [0.2, 0.25) is 0 Å². The van der Waals surface area contributed by atoms with Gasteiger partial charge in [0.25, 0.3) is 0 Å². The maximum absolute atomic E-state index is 12.3. The molecule has 2 aromatic rings. The van der Waals surface area contributed by atoms with E-state index in [0.29, 0.717) is 52.1 Å². The monoisotopic (exact) mass is 406 g/mol. The number of aliphatic imine (C=N–C) groups is 1. The molecule has 1 heterocycles. The van der Waals surface area contributed by atoms with E-state index in [4.69, 9.17) is 14.6 Å². The van der Waals surface area contributed by atoms with E-state index in [-0.39, 0.29) is 18.9 Å². The van der Waals surface area contributed by atoms with Gasteiger partial charge in [0.05, 0.1) is 39.2 Å². The van der Waals surface area contributed by atoms with E-state index in [0.717, 1.165) is 0 Å². The van der Waals surface area contributed by atoms with Crippen molar-refractivity contribution >= 4 is 12.2 Å². The lowest BCUT2D eigenvalue weighted by atomic mass is 9.89. The molecule has 0 bridgehead atoms. The Labute approximate surface area is 168 Å². The molecular weight excluding hydrogens is 380 g/mol. The average Bonchev–Trinajstić information content (AvgIpc) is 3.12. The average molecular weight is 406 g/mol. The number of esters is 1. The first-order valence-corrected chi connectivity index (χ1v) is 8.97. The highest BCUT2D eigenvalue weighted by Gasteiger charge is 2.25. The van der Waals surface area contributed by atoms with Gasteiger partial charge in [-0.15, -0.1) is 0 Å². The zero-order valence-electron chi connectivity index (χ0n) is 16.4. The minimum absolute atomic E-state index is 0.208. The number of aromatic nitrogens is 1. The molecule has 0 unspecified atom stereocenters. The molecule has 5 N–H and O–H groups in total. The van der Waals surface area contributed by atoms with E-state index in [1.54, 1.807) is 12.1 Å². The van der Waals surface area contributed by atoms with Crippen molar-refractivity contribution in [1.82, 2.24) is 4.98 Å². The van der Waals surface area contributed by atoms with Gasteiger partial charge in [-0.25, -0.2) is 4.79 Å². The quantitative estimate of drug-likeness (QED) is 0.285. The molecule has 2 rings (SSSR count). The number of benzene rings is 1. The summed E-state index contributed by atoms with van der Waals surface area (Å²) in [5, 5.41) is 38.5. The Morgan fingerprint density at radius 3 is 2.34 bits per heavy atom. The molecule has 0 aliphatic heterocycles. The molecule has 0 amide bonds. The topological polar surface area (TPSA) is 145 Å². The van der Waals surface area contributed by atoms with E-state index >= 15 is 0 Å². The molecule has 9 heteroatoms. The number of H-pyrrole nitrogens is 1. The molecule has 0 aliphatic carbocycles. The van der Waals surface area contributed by atoms with Crippen LogP contribution in [-0.2, 0) is 35.7 Å². The lowest BCUT2D eigenvalue weighted by Crippen LogP contribution is -2.08. The molecule has 0 radical (unpaired) electrons. The Hall–Kier alpha value is -2.56. The molecule has 0 spiro atoms. The Balaban J connectivity index is 2.86. The second-order valence-electron chi connectivity index (χ2n) is 6.16. The summed E-state index contributed by atoms with van der Waals surface area (Å²) in [6.07, 6.45) is 1.75. The van der Waals surface area contributed by atoms with Gasteiger partial charge in [0.1, 0.15) is 12.4 Å². The van der Waals surface area contributed by atoms with Crippen molar-refractivity contribution in [1.29, 1.82) is 0 Å². The number of hydrogen-bond donors (Lipinski definition) is 5. The summed E-state index contributed by atoms with van der Waals surface area (Å²) in [6.45, 7) is -1.18. The molecule has 0 atom stereocenters. The Kier molecular flexibility index (Phi) is 8.50. The zero-order valence-corrected chi connectivity index (χ0v) is 16.4. The van der Waals surface area contributed by atoms with Crippen molar-refractivity contribution in [3.8, 4) is 11.1 Å². The first-order chi connectivity index (χ1) is 14.1. The number of aromatic amines is 1. The largest absolute Gasteiger partial charge is 0.464 e. The van der Waals surface area contributed by atoms with Gasteiger partial charge in [-0.1, -0.05) is 12.1 Å². The highest BCUT2D eigenvalue weighted by Crippen LogP contribution is 2.36. The van der Waals surface area contributed by atoms with Crippen LogP contribution < -0.4 is 0 Å². The van der Waals surface area contributed by atoms with Gasteiger partial charge in [-0.2, -0.15) is 0 Å². The zero-order chi connectivity index (χ0) is 21.4. The van der Waals surface area contributed by atoms with Gasteiger partial charge in [0, 0.05) is 18.9 Å². The van der Waals surface area contributed by atoms with Crippen LogP contribution >= 0.6 is 0 Å². The Morgan fingerprint density at radius 2 is 1.79 bits per heavy atom. The second-order valence-corrected chi connectivity index (χ2v) is 6.16. The molecule has 9 nitrogen and oxygen atoms in total. The van der Waals surface area contributed by atoms with Crippen molar-refractivity contribution in [3.05, 3.63) is 45.8 Å². The molecular formula is C20H26N2O7. The minimum atomic E-state index is -0.582. The first kappa shape index (κ1) is 22.7. The number of carbonyl (C=O) groups excluding carboxylic acids is 1. The van der Waals surface area contributed by atoms with Crippen LogP contribution in [0.5, 0.6) is 0 Å². The summed E-state index contributed by atoms with van der Waals surface area (Å²) in [5.41, 5.74) is 3.69. The molecule has 1 aromatic heterocycles. The third kappa shape index (κ3) is 4.72. The maximum Gasteiger partial charge on any atom is 0.354 e. The molecule has 1 aromatic carbocycles. The number of hydrogen-bond acceptors (Lipinski definition) is 8. The fraction of sp³-hybridized carbons (Fsp3) is 0.400. The number of ether oxygens (including phenoxy) is 2. The maximum atomic E-state index is 12.3. The number of carbonyl (C=O) groups is 1. The van der Waals surface area contributed by atoms with E-state index in [2.05, 4.69) is 9.98 Å². The smallest absolute Gasteiger partial charge is 0.354 e. The van der Waals surface area contributed by atoms with Crippen molar-refractivity contribution < 1.29 is 34.7 Å². The summed E-state index contributed by atoms with van der Waals surface area (Å²) in [7, 11) is 2.81. The highest BCUT2D eigenvalue weighted by atomic mass is 16.5. The van der Waals surface area contributed by atoms with Crippen LogP contribution in [0.2, 0.25) is 0 Å². The summed E-state index contributed by atoms with van der Waals surface area (Å²) in [4.78, 5) is 19.2. The Bertz CT molecular complexity index is 874. The second kappa shape index (κ2) is 10.8. The van der Waals surface area contributed by atoms with Crippen molar-refractivity contribution in [2.45, 2.75) is 26.2 Å². The van der Waals surface area contributed by atoms with Gasteiger partial charge >= 0.3 is 5.97 Å². The summed E-state index contributed by atoms with van der Waals surface area (Å²) >= 11 is 0. The van der Waals surface area contributed by atoms with Gasteiger partial charge in [-0.3, -0.25) is 4.99 Å². The van der Waals surface area contributed by atoms with Crippen LogP contribution in [0.15, 0.2) is 17.1 Å². The summed E-state index contributed by atoms with van der Waals surface area (Å²) in [6, 6.07) is 3.35. The molecule has 0 saturated carbocycles. The molecule has 0 saturated heterocycles. The lowest BCUT2D eigenvalue weighted by Gasteiger charge is -2.17. The van der Waals surface area contributed by atoms with Gasteiger partial charge in [-0.05, 0) is 34.2 Å². The molecule has 0 fully saturated rings. The van der Waals surface area contributed by atoms with Crippen LogP contribution in [0.4, 0.5) is 0 Å². The van der Waals surface area contributed by atoms with E-state index in [1.807, 2.05) is 0 Å².